The van der Waals surface area contributed by atoms with E-state index in [1.165, 1.54) is 24.1 Å². The Morgan fingerprint density at radius 3 is 2.46 bits per heavy atom. The van der Waals surface area contributed by atoms with E-state index < -0.39 is 0 Å². The smallest absolute Gasteiger partial charge is 0.227 e. The second-order valence-corrected chi connectivity index (χ2v) is 7.97. The van der Waals surface area contributed by atoms with Crippen molar-refractivity contribution in [1.29, 1.82) is 0 Å². The fourth-order valence-electron chi connectivity index (χ4n) is 4.21. The Morgan fingerprint density at radius 1 is 1.04 bits per heavy atom. The highest BCUT2D eigenvalue weighted by Gasteiger charge is 2.35. The third kappa shape index (κ3) is 4.10. The first-order valence-corrected chi connectivity index (χ1v) is 9.75. The van der Waals surface area contributed by atoms with Crippen molar-refractivity contribution >= 4 is 11.8 Å². The molecule has 0 unspecified atom stereocenters. The minimum absolute atomic E-state index is 0.169. The van der Waals surface area contributed by atoms with Crippen molar-refractivity contribution in [2.45, 2.75) is 25.7 Å². The van der Waals surface area contributed by atoms with E-state index in [0.717, 1.165) is 44.2 Å². The van der Waals surface area contributed by atoms with Crippen LogP contribution < -0.4 is 9.80 Å². The number of likely N-dealkylation sites (N-methyl/N-ethyl adjacent to an activating group) is 1. The van der Waals surface area contributed by atoms with Gasteiger partial charge in [0.25, 0.3) is 0 Å². The van der Waals surface area contributed by atoms with Gasteiger partial charge < -0.3 is 24.9 Å². The van der Waals surface area contributed by atoms with Crippen LogP contribution in [-0.2, 0) is 12.8 Å². The molecule has 0 aromatic carbocycles. The van der Waals surface area contributed by atoms with Crippen LogP contribution in [0.1, 0.15) is 24.1 Å². The van der Waals surface area contributed by atoms with Crippen molar-refractivity contribution in [2.24, 2.45) is 11.8 Å². The first-order valence-electron chi connectivity index (χ1n) is 9.75. The van der Waals surface area contributed by atoms with Gasteiger partial charge in [0, 0.05) is 58.4 Å². The Kier molecular flexibility index (Phi) is 6.32. The number of fused-ring (bicyclic) bond motifs is 1. The SMILES string of the molecule is CN(CCO)C[C@@H]1CN(c2nc(N(C)C)nc3c2CCCC3)C[C@@H]1CO. The molecule has 7 heteroatoms. The fraction of sp³-hybridized carbons (Fsp3) is 0.789. The Bertz CT molecular complexity index is 610. The molecule has 1 aromatic rings. The van der Waals surface area contributed by atoms with Gasteiger partial charge in [0.1, 0.15) is 5.82 Å². The van der Waals surface area contributed by atoms with E-state index in [0.29, 0.717) is 12.5 Å². The van der Waals surface area contributed by atoms with Crippen LogP contribution in [-0.4, -0.2) is 85.6 Å². The number of aliphatic hydroxyl groups excluding tert-OH is 2. The predicted molar refractivity (Wildman–Crippen MR) is 104 cm³/mol. The van der Waals surface area contributed by atoms with Crippen LogP contribution >= 0.6 is 0 Å². The van der Waals surface area contributed by atoms with Gasteiger partial charge in [0.15, 0.2) is 0 Å². The summed E-state index contributed by atoms with van der Waals surface area (Å²) in [6, 6.07) is 0. The van der Waals surface area contributed by atoms with Crippen molar-refractivity contribution in [3.8, 4) is 0 Å². The molecule has 0 bridgehead atoms. The molecule has 2 heterocycles. The molecule has 1 aliphatic heterocycles. The Labute approximate surface area is 156 Å². The summed E-state index contributed by atoms with van der Waals surface area (Å²) in [5, 5.41) is 19.0. The largest absolute Gasteiger partial charge is 0.396 e. The summed E-state index contributed by atoms with van der Waals surface area (Å²) in [5.41, 5.74) is 2.51. The maximum Gasteiger partial charge on any atom is 0.227 e. The summed E-state index contributed by atoms with van der Waals surface area (Å²) >= 11 is 0. The normalized spacial score (nSPS) is 22.8. The van der Waals surface area contributed by atoms with Crippen LogP contribution in [0, 0.1) is 11.8 Å². The molecule has 1 aliphatic carbocycles. The Morgan fingerprint density at radius 2 is 1.77 bits per heavy atom. The summed E-state index contributed by atoms with van der Waals surface area (Å²) in [4.78, 5) is 16.2. The fourth-order valence-corrected chi connectivity index (χ4v) is 4.21. The van der Waals surface area contributed by atoms with Crippen molar-refractivity contribution in [3.63, 3.8) is 0 Å². The number of hydrogen-bond donors (Lipinski definition) is 2. The zero-order valence-corrected chi connectivity index (χ0v) is 16.4. The maximum atomic E-state index is 9.89. The highest BCUT2D eigenvalue weighted by atomic mass is 16.3. The molecule has 0 spiro atoms. The molecule has 7 nitrogen and oxygen atoms in total. The summed E-state index contributed by atoms with van der Waals surface area (Å²) in [5.74, 6) is 2.48. The average Bonchev–Trinajstić information content (AvgIpc) is 3.03. The van der Waals surface area contributed by atoms with Gasteiger partial charge >= 0.3 is 0 Å². The minimum Gasteiger partial charge on any atom is -0.396 e. The predicted octanol–water partition coefficient (Wildman–Crippen LogP) is 0.390. The minimum atomic E-state index is 0.169. The van der Waals surface area contributed by atoms with Crippen LogP contribution in [0.2, 0.25) is 0 Å². The summed E-state index contributed by atoms with van der Waals surface area (Å²) < 4.78 is 0. The molecule has 0 saturated carbocycles. The lowest BCUT2D eigenvalue weighted by Crippen LogP contribution is -2.33. The van der Waals surface area contributed by atoms with E-state index in [9.17, 15) is 5.11 Å². The first kappa shape index (κ1) is 19.3. The van der Waals surface area contributed by atoms with Crippen molar-refractivity contribution in [1.82, 2.24) is 14.9 Å². The van der Waals surface area contributed by atoms with Gasteiger partial charge in [0.05, 0.1) is 12.3 Å². The van der Waals surface area contributed by atoms with Gasteiger partial charge in [-0.1, -0.05) is 0 Å². The molecule has 2 N–H and O–H groups in total. The molecule has 1 aromatic heterocycles. The number of aromatic nitrogens is 2. The lowest BCUT2D eigenvalue weighted by molar-refractivity contribution is 0.160. The summed E-state index contributed by atoms with van der Waals surface area (Å²) in [7, 11) is 6.01. The molecule has 26 heavy (non-hydrogen) atoms. The van der Waals surface area contributed by atoms with E-state index in [1.807, 2.05) is 26.0 Å². The number of anilines is 2. The number of aryl methyl sites for hydroxylation is 1. The third-order valence-electron chi connectivity index (χ3n) is 5.69. The Balaban J connectivity index is 1.85. The van der Waals surface area contributed by atoms with Gasteiger partial charge in [-0.15, -0.1) is 0 Å². The lowest BCUT2D eigenvalue weighted by atomic mass is 9.96. The molecule has 1 fully saturated rings. The Hall–Kier alpha value is -1.44. The summed E-state index contributed by atoms with van der Waals surface area (Å²) in [6.45, 7) is 3.66. The zero-order chi connectivity index (χ0) is 18.7. The number of hydrogen-bond acceptors (Lipinski definition) is 7. The number of rotatable bonds is 7. The van der Waals surface area contributed by atoms with Gasteiger partial charge in [-0.2, -0.15) is 4.98 Å². The topological polar surface area (TPSA) is 76.0 Å². The average molecular weight is 364 g/mol. The van der Waals surface area contributed by atoms with E-state index in [4.69, 9.17) is 15.1 Å². The molecular formula is C19H33N5O2. The van der Waals surface area contributed by atoms with E-state index in [1.54, 1.807) is 0 Å². The molecule has 3 rings (SSSR count). The monoisotopic (exact) mass is 363 g/mol. The number of aliphatic hydroxyl groups is 2. The molecular weight excluding hydrogens is 330 g/mol. The third-order valence-corrected chi connectivity index (χ3v) is 5.69. The highest BCUT2D eigenvalue weighted by Crippen LogP contribution is 2.34. The van der Waals surface area contributed by atoms with E-state index in [-0.39, 0.29) is 19.1 Å². The van der Waals surface area contributed by atoms with Crippen LogP contribution in [0.25, 0.3) is 0 Å². The second-order valence-electron chi connectivity index (χ2n) is 7.97. The van der Waals surface area contributed by atoms with Gasteiger partial charge in [-0.05, 0) is 38.6 Å². The summed E-state index contributed by atoms with van der Waals surface area (Å²) in [6.07, 6.45) is 4.48. The lowest BCUT2D eigenvalue weighted by Gasteiger charge is -2.27. The van der Waals surface area contributed by atoms with E-state index in [2.05, 4.69) is 9.80 Å². The van der Waals surface area contributed by atoms with Crippen molar-refractivity contribution in [3.05, 3.63) is 11.3 Å². The van der Waals surface area contributed by atoms with Crippen LogP contribution in [0.5, 0.6) is 0 Å². The molecule has 2 aliphatic rings. The van der Waals surface area contributed by atoms with Gasteiger partial charge in [-0.3, -0.25) is 0 Å². The zero-order valence-electron chi connectivity index (χ0n) is 16.4. The quantitative estimate of drug-likeness (QED) is 0.726. The van der Waals surface area contributed by atoms with Crippen LogP contribution in [0.15, 0.2) is 0 Å². The van der Waals surface area contributed by atoms with Gasteiger partial charge in [0.2, 0.25) is 5.95 Å². The highest BCUT2D eigenvalue weighted by molar-refractivity contribution is 5.55. The molecule has 1 saturated heterocycles. The standard InChI is InChI=1S/C19H33N5O2/c1-22(2)19-20-17-7-5-4-6-16(17)18(21-19)24-11-14(15(12-24)13-26)10-23(3)8-9-25/h14-15,25-26H,4-13H2,1-3H3/t14-,15-/m1/s1. The first-order chi connectivity index (χ1) is 12.5. The van der Waals surface area contributed by atoms with E-state index >= 15 is 0 Å². The second kappa shape index (κ2) is 8.50. The van der Waals surface area contributed by atoms with Crippen LogP contribution in [0.4, 0.5) is 11.8 Å². The molecule has 146 valence electrons. The van der Waals surface area contributed by atoms with Crippen LogP contribution in [0.3, 0.4) is 0 Å². The maximum absolute atomic E-state index is 9.89. The molecule has 0 radical (unpaired) electrons. The number of nitrogens with zero attached hydrogens (tertiary/aromatic N) is 5. The van der Waals surface area contributed by atoms with Crippen molar-refractivity contribution in [2.75, 3.05) is 70.3 Å². The molecule has 0 amide bonds. The molecule has 2 atom stereocenters. The van der Waals surface area contributed by atoms with Gasteiger partial charge in [-0.25, -0.2) is 4.98 Å². The van der Waals surface area contributed by atoms with Crippen molar-refractivity contribution < 1.29 is 10.2 Å².